The summed E-state index contributed by atoms with van der Waals surface area (Å²) in [5.74, 6) is -0.997. The van der Waals surface area contributed by atoms with E-state index in [4.69, 9.17) is 0 Å². The molecule has 0 aliphatic carbocycles. The Labute approximate surface area is 378 Å². The first-order chi connectivity index (χ1) is 31.2. The van der Waals surface area contributed by atoms with Crippen LogP contribution in [0.15, 0.2) is 109 Å². The lowest BCUT2D eigenvalue weighted by Crippen LogP contribution is -2.23. The van der Waals surface area contributed by atoms with Gasteiger partial charge in [-0.3, -0.25) is 17.6 Å². The highest BCUT2D eigenvalue weighted by Crippen LogP contribution is 2.43. The van der Waals surface area contributed by atoms with Gasteiger partial charge in [0, 0.05) is 67.2 Å². The van der Waals surface area contributed by atoms with E-state index in [0.29, 0.717) is 34.8 Å². The summed E-state index contributed by atoms with van der Waals surface area (Å²) in [5.41, 5.74) is 16.5. The van der Waals surface area contributed by atoms with Gasteiger partial charge in [-0.25, -0.2) is 8.78 Å². The highest BCUT2D eigenvalue weighted by atomic mass is 19.3. The fourth-order valence-electron chi connectivity index (χ4n) is 11.9. The molecule has 5 aromatic heterocycles. The quantitative estimate of drug-likeness (QED) is 0.145. The number of nitrogens with zero attached hydrogens (tertiary/aromatic N) is 4. The normalized spacial score (nSPS) is 14.5. The minimum Gasteiger partial charge on any atom is -0.295 e. The van der Waals surface area contributed by atoms with Crippen molar-refractivity contribution in [1.29, 1.82) is 0 Å². The van der Waals surface area contributed by atoms with Crippen LogP contribution < -0.4 is 0 Å². The summed E-state index contributed by atoms with van der Waals surface area (Å²) in [6.45, 7) is 18.2. The van der Waals surface area contributed by atoms with Gasteiger partial charge in [0.1, 0.15) is 11.3 Å². The molecule has 0 atom stereocenters. The van der Waals surface area contributed by atoms with Crippen molar-refractivity contribution >= 4 is 87.7 Å². The molecule has 4 nitrogen and oxygen atoms in total. The molecule has 0 saturated heterocycles. The third kappa shape index (κ3) is 6.41. The van der Waals surface area contributed by atoms with Crippen molar-refractivity contribution in [2.24, 2.45) is 23.7 Å². The van der Waals surface area contributed by atoms with Gasteiger partial charge >= 0.3 is 0 Å². The van der Waals surface area contributed by atoms with Crippen LogP contribution in [0.25, 0.3) is 87.7 Å². The van der Waals surface area contributed by atoms with E-state index in [1.807, 2.05) is 0 Å². The van der Waals surface area contributed by atoms with Crippen LogP contribution in [-0.2, 0) is 38.5 Å². The number of hydrogen-bond acceptors (Lipinski definition) is 0. The summed E-state index contributed by atoms with van der Waals surface area (Å²) in [4.78, 5) is 0. The Hall–Kier alpha value is -6.14. The van der Waals surface area contributed by atoms with Crippen molar-refractivity contribution in [3.05, 3.63) is 143 Å². The number of benzene rings is 6. The number of hydrogen-bond donors (Lipinski definition) is 0. The minimum atomic E-state index is -3.00. The molecule has 13 rings (SSSR count). The second-order valence-corrected chi connectivity index (χ2v) is 21.5. The molecule has 0 amide bonds. The van der Waals surface area contributed by atoms with Gasteiger partial charge in [0.25, 0.3) is 5.92 Å². The molecule has 2 aliphatic rings. The maximum atomic E-state index is 17.0. The lowest BCUT2D eigenvalue weighted by atomic mass is 9.98. The zero-order valence-corrected chi connectivity index (χ0v) is 39.0. The highest BCUT2D eigenvalue weighted by molar-refractivity contribution is 6.24. The van der Waals surface area contributed by atoms with E-state index in [1.165, 1.54) is 54.6 Å². The number of halogens is 2. The molecule has 0 saturated carbocycles. The summed E-state index contributed by atoms with van der Waals surface area (Å²) >= 11 is 0. The van der Waals surface area contributed by atoms with Gasteiger partial charge in [-0.15, -0.1) is 0 Å². The van der Waals surface area contributed by atoms with Crippen molar-refractivity contribution in [2.75, 3.05) is 0 Å². The lowest BCUT2D eigenvalue weighted by molar-refractivity contribution is 0.00222. The van der Waals surface area contributed by atoms with Gasteiger partial charge in [-0.2, -0.15) is 0 Å². The number of aromatic nitrogens is 4. The van der Waals surface area contributed by atoms with Crippen LogP contribution in [0.1, 0.15) is 88.8 Å². The van der Waals surface area contributed by atoms with Gasteiger partial charge in [0.05, 0.1) is 22.1 Å². The second kappa shape index (κ2) is 14.4. The largest absolute Gasteiger partial charge is 0.295 e. The molecule has 11 aromatic rings. The molecular formula is C59H58F2N4. The standard InChI is InChI=1S/C59H58F2N4/c1-33(2)17-37-9-13-51-47(25-37)55-48-26-38(18-34(3)4)10-14-52(48)63-44-22-42-24-46(30-44)65-54-16-12-40(20-36(7)8)28-50(54)56-49-27-39(19-35(5)6)11-15-53(49)64(58(56)65)45-23-41(31-59(60,61)32-42)21-43(29-45)62(51)57(55)63/h9-16,21-30,33-36H,17-20,31-32H2,1-8H3. The molecule has 65 heavy (non-hydrogen) atoms. The molecule has 2 aliphatic heterocycles. The van der Waals surface area contributed by atoms with E-state index in [-0.39, 0.29) is 12.8 Å². The molecule has 0 spiro atoms. The summed E-state index contributed by atoms with van der Waals surface area (Å²) in [6, 6.07) is 40.6. The molecule has 328 valence electrons. The van der Waals surface area contributed by atoms with Crippen LogP contribution in [0.2, 0.25) is 0 Å². The Morgan fingerprint density at radius 3 is 0.892 bits per heavy atom. The summed E-state index contributed by atoms with van der Waals surface area (Å²) < 4.78 is 43.5. The van der Waals surface area contributed by atoms with Crippen LogP contribution >= 0.6 is 0 Å². The zero-order chi connectivity index (χ0) is 44.8. The Morgan fingerprint density at radius 1 is 0.385 bits per heavy atom. The molecule has 6 heteroatoms. The molecule has 6 bridgehead atoms. The maximum Gasteiger partial charge on any atom is 0.256 e. The molecular weight excluding hydrogens is 803 g/mol. The lowest BCUT2D eigenvalue weighted by Gasteiger charge is -2.19. The maximum absolute atomic E-state index is 17.0. The van der Waals surface area contributed by atoms with Crippen LogP contribution in [0.3, 0.4) is 0 Å². The first-order valence-corrected chi connectivity index (χ1v) is 24.1. The van der Waals surface area contributed by atoms with Crippen molar-refractivity contribution < 1.29 is 8.78 Å². The summed E-state index contributed by atoms with van der Waals surface area (Å²) in [6.07, 6.45) is 3.17. The third-order valence-electron chi connectivity index (χ3n) is 14.0. The Kier molecular flexibility index (Phi) is 8.96. The SMILES string of the molecule is CC(C)Cc1ccc2c(c1)c1c3cc(CC(C)C)ccc3n3c4cc5cc(c4)n4c6ccc(CC(C)C)cc6c6c7cc(CC(C)C)ccc7n(c7cc(cc(c7)n2c13)CC(F)(F)C5)c64. The first kappa shape index (κ1) is 40.4. The average molecular weight is 861 g/mol. The molecule has 6 aromatic carbocycles. The number of rotatable bonds is 8. The van der Waals surface area contributed by atoms with Crippen molar-refractivity contribution in [1.82, 2.24) is 17.6 Å². The minimum absolute atomic E-state index is 0.363. The van der Waals surface area contributed by atoms with Gasteiger partial charge in [-0.05, 0) is 168 Å². The van der Waals surface area contributed by atoms with Gasteiger partial charge in [0.2, 0.25) is 0 Å². The van der Waals surface area contributed by atoms with Crippen molar-refractivity contribution in [3.8, 4) is 0 Å². The number of alkyl halides is 2. The molecule has 0 unspecified atom stereocenters. The van der Waals surface area contributed by atoms with E-state index < -0.39 is 5.92 Å². The Morgan fingerprint density at radius 2 is 0.646 bits per heavy atom. The van der Waals surface area contributed by atoms with E-state index in [0.717, 1.165) is 81.1 Å². The second-order valence-electron chi connectivity index (χ2n) is 21.5. The molecule has 0 fully saturated rings. The number of fused-ring (bicyclic) bond motifs is 10. The van der Waals surface area contributed by atoms with Gasteiger partial charge < -0.3 is 0 Å². The average Bonchev–Trinajstić information content (AvgIpc) is 3.92. The smallest absolute Gasteiger partial charge is 0.256 e. The Balaban J connectivity index is 1.41. The van der Waals surface area contributed by atoms with E-state index in [2.05, 4.69) is 182 Å². The van der Waals surface area contributed by atoms with Gasteiger partial charge in [-0.1, -0.05) is 79.7 Å². The molecule has 0 N–H and O–H groups in total. The zero-order valence-electron chi connectivity index (χ0n) is 39.0. The third-order valence-corrected chi connectivity index (χ3v) is 14.0. The van der Waals surface area contributed by atoms with Crippen LogP contribution in [0.5, 0.6) is 0 Å². The topological polar surface area (TPSA) is 17.6 Å². The van der Waals surface area contributed by atoms with Crippen LogP contribution in [0, 0.1) is 23.7 Å². The van der Waals surface area contributed by atoms with E-state index in [9.17, 15) is 0 Å². The summed E-state index contributed by atoms with van der Waals surface area (Å²) in [7, 11) is 0. The van der Waals surface area contributed by atoms with Crippen molar-refractivity contribution in [2.45, 2.75) is 99.8 Å². The highest BCUT2D eigenvalue weighted by Gasteiger charge is 2.32. The van der Waals surface area contributed by atoms with Crippen LogP contribution in [0.4, 0.5) is 8.78 Å². The monoisotopic (exact) mass is 860 g/mol. The predicted octanol–water partition coefficient (Wildman–Crippen LogP) is 15.7. The van der Waals surface area contributed by atoms with E-state index in [1.54, 1.807) is 0 Å². The van der Waals surface area contributed by atoms with Gasteiger partial charge in [0.15, 0.2) is 0 Å². The fourth-order valence-corrected chi connectivity index (χ4v) is 11.9. The Bertz CT molecular complexity index is 3350. The van der Waals surface area contributed by atoms with Crippen LogP contribution in [-0.4, -0.2) is 23.5 Å². The van der Waals surface area contributed by atoms with E-state index >= 15 is 8.78 Å². The summed E-state index contributed by atoms with van der Waals surface area (Å²) in [5, 5.41) is 7.21. The molecule has 7 heterocycles. The first-order valence-electron chi connectivity index (χ1n) is 24.1. The molecule has 0 radical (unpaired) electrons. The fraction of sp³-hybridized carbons (Fsp3) is 0.322. The van der Waals surface area contributed by atoms with Crippen molar-refractivity contribution in [3.63, 3.8) is 0 Å². The predicted molar refractivity (Wildman–Crippen MR) is 271 cm³/mol.